The highest BCUT2D eigenvalue weighted by Gasteiger charge is 2.30. The summed E-state index contributed by atoms with van der Waals surface area (Å²) in [4.78, 5) is 72.1. The number of hydrogen-bond acceptors (Lipinski definition) is 15. The van der Waals surface area contributed by atoms with Crippen LogP contribution in [0.25, 0.3) is 0 Å². The molecule has 0 saturated heterocycles. The summed E-state index contributed by atoms with van der Waals surface area (Å²) in [6, 6.07) is 0. The molecule has 510 valence electrons. The first-order valence-electron chi connectivity index (χ1n) is 35.2. The third kappa shape index (κ3) is 59.7. The fourth-order valence-corrected chi connectivity index (χ4v) is 11.7. The highest BCUT2D eigenvalue weighted by atomic mass is 31.2. The SMILES string of the molecule is CCCCCCCCCCCCCCCCCCCCCCC(=O)O[C@H](COC(=O)CCCCCCCCC(C)CC)COP(=O)(O)OC[C@@H](O)COP(=O)(O)OC[C@@H](COC(=O)CCCCCCCCCC)OC(=O)CCCCCCCCCC. The zero-order valence-corrected chi connectivity index (χ0v) is 57.2. The maximum absolute atomic E-state index is 13.0. The van der Waals surface area contributed by atoms with Gasteiger partial charge in [0.05, 0.1) is 26.4 Å². The molecule has 0 rings (SSSR count). The number of aliphatic hydroxyl groups is 1. The van der Waals surface area contributed by atoms with Crippen molar-refractivity contribution in [1.29, 1.82) is 0 Å². The molecule has 0 aliphatic rings. The number of phosphoric acid groups is 2. The normalized spacial score (nSPS) is 14.5. The highest BCUT2D eigenvalue weighted by molar-refractivity contribution is 7.47. The second-order valence-electron chi connectivity index (χ2n) is 24.5. The molecular formula is C67H130O17P2. The third-order valence-electron chi connectivity index (χ3n) is 15.9. The fourth-order valence-electron chi connectivity index (χ4n) is 10.1. The van der Waals surface area contributed by atoms with E-state index in [0.29, 0.717) is 25.7 Å². The molecule has 0 spiro atoms. The number of esters is 4. The molecule has 3 unspecified atom stereocenters. The summed E-state index contributed by atoms with van der Waals surface area (Å²) in [5.41, 5.74) is 0. The van der Waals surface area contributed by atoms with Gasteiger partial charge in [-0.15, -0.1) is 0 Å². The van der Waals surface area contributed by atoms with Gasteiger partial charge < -0.3 is 33.8 Å². The van der Waals surface area contributed by atoms with E-state index in [1.54, 1.807) is 0 Å². The van der Waals surface area contributed by atoms with Gasteiger partial charge in [-0.1, -0.05) is 291 Å². The van der Waals surface area contributed by atoms with Gasteiger partial charge in [0.1, 0.15) is 19.3 Å². The van der Waals surface area contributed by atoms with Gasteiger partial charge in [0.15, 0.2) is 12.2 Å². The Morgan fingerprint density at radius 1 is 0.326 bits per heavy atom. The molecule has 6 atom stereocenters. The molecule has 0 aliphatic carbocycles. The van der Waals surface area contributed by atoms with Crippen LogP contribution in [0.5, 0.6) is 0 Å². The van der Waals surface area contributed by atoms with Crippen molar-refractivity contribution in [3.05, 3.63) is 0 Å². The lowest BCUT2D eigenvalue weighted by Crippen LogP contribution is -2.30. The molecule has 0 aromatic carbocycles. The fraction of sp³-hybridized carbons (Fsp3) is 0.940. The van der Waals surface area contributed by atoms with E-state index in [1.807, 2.05) is 0 Å². The second-order valence-corrected chi connectivity index (χ2v) is 27.4. The molecule has 0 aliphatic heterocycles. The Bertz CT molecular complexity index is 1670. The second kappa shape index (κ2) is 60.6. The molecule has 0 aromatic rings. The van der Waals surface area contributed by atoms with Crippen molar-refractivity contribution < 1.29 is 80.2 Å². The van der Waals surface area contributed by atoms with Crippen molar-refractivity contribution in [2.75, 3.05) is 39.6 Å². The number of phosphoric ester groups is 2. The van der Waals surface area contributed by atoms with Gasteiger partial charge in [0.25, 0.3) is 0 Å². The molecule has 86 heavy (non-hydrogen) atoms. The maximum atomic E-state index is 13.0. The van der Waals surface area contributed by atoms with E-state index >= 15 is 0 Å². The average Bonchev–Trinajstić information content (AvgIpc) is 3.70. The highest BCUT2D eigenvalue weighted by Crippen LogP contribution is 2.45. The zero-order chi connectivity index (χ0) is 63.5. The summed E-state index contributed by atoms with van der Waals surface area (Å²) in [6.45, 7) is 7.12. The molecule has 0 radical (unpaired) electrons. The van der Waals surface area contributed by atoms with Crippen molar-refractivity contribution in [2.45, 2.75) is 361 Å². The largest absolute Gasteiger partial charge is 0.472 e. The summed E-state index contributed by atoms with van der Waals surface area (Å²) in [5.74, 6) is -1.40. The Morgan fingerprint density at radius 3 is 0.826 bits per heavy atom. The summed E-state index contributed by atoms with van der Waals surface area (Å²) in [6.07, 6.45) is 46.1. The van der Waals surface area contributed by atoms with E-state index in [0.717, 1.165) is 115 Å². The van der Waals surface area contributed by atoms with E-state index in [9.17, 15) is 43.2 Å². The van der Waals surface area contributed by atoms with Crippen LogP contribution in [0.4, 0.5) is 0 Å². The molecule has 0 aromatic heterocycles. The summed E-state index contributed by atoms with van der Waals surface area (Å²) < 4.78 is 68.0. The van der Waals surface area contributed by atoms with Crippen molar-refractivity contribution >= 4 is 39.5 Å². The number of unbranched alkanes of at least 4 members (excludes halogenated alkanes) is 38. The van der Waals surface area contributed by atoms with Crippen molar-refractivity contribution in [1.82, 2.24) is 0 Å². The monoisotopic (exact) mass is 1270 g/mol. The minimum absolute atomic E-state index is 0.105. The molecule has 0 heterocycles. The van der Waals surface area contributed by atoms with Gasteiger partial charge in [-0.05, 0) is 31.6 Å². The Labute approximate surface area is 524 Å². The third-order valence-corrected chi connectivity index (χ3v) is 17.8. The molecule has 0 bridgehead atoms. The van der Waals surface area contributed by atoms with Crippen LogP contribution in [0, 0.1) is 5.92 Å². The molecule has 19 heteroatoms. The summed E-state index contributed by atoms with van der Waals surface area (Å²) >= 11 is 0. The lowest BCUT2D eigenvalue weighted by atomic mass is 10.00. The van der Waals surface area contributed by atoms with Gasteiger partial charge in [-0.25, -0.2) is 9.13 Å². The Morgan fingerprint density at radius 2 is 0.558 bits per heavy atom. The number of aliphatic hydroxyl groups excluding tert-OH is 1. The number of hydrogen-bond donors (Lipinski definition) is 3. The van der Waals surface area contributed by atoms with Crippen LogP contribution in [-0.2, 0) is 65.4 Å². The number of rotatable bonds is 67. The average molecular weight is 1270 g/mol. The van der Waals surface area contributed by atoms with Gasteiger partial charge in [0.2, 0.25) is 0 Å². The number of carbonyl (C=O) groups excluding carboxylic acids is 4. The summed E-state index contributed by atoms with van der Waals surface area (Å²) in [7, 11) is -9.88. The lowest BCUT2D eigenvalue weighted by Gasteiger charge is -2.21. The van der Waals surface area contributed by atoms with E-state index in [-0.39, 0.29) is 25.7 Å². The van der Waals surface area contributed by atoms with E-state index in [2.05, 4.69) is 34.6 Å². The molecule has 0 fully saturated rings. The van der Waals surface area contributed by atoms with Crippen LogP contribution in [0.1, 0.15) is 343 Å². The van der Waals surface area contributed by atoms with Crippen LogP contribution in [0.15, 0.2) is 0 Å². The van der Waals surface area contributed by atoms with Crippen LogP contribution < -0.4 is 0 Å². The Hall–Kier alpha value is -1.94. The van der Waals surface area contributed by atoms with E-state index < -0.39 is 97.5 Å². The number of carbonyl (C=O) groups is 4. The van der Waals surface area contributed by atoms with E-state index in [1.165, 1.54) is 148 Å². The first kappa shape index (κ1) is 84.1. The minimum atomic E-state index is -4.95. The Kier molecular flexibility index (Phi) is 59.2. The number of ether oxygens (including phenoxy) is 4. The molecule has 0 saturated carbocycles. The maximum Gasteiger partial charge on any atom is 0.472 e. The van der Waals surface area contributed by atoms with Gasteiger partial charge >= 0.3 is 39.5 Å². The van der Waals surface area contributed by atoms with Crippen molar-refractivity contribution in [3.8, 4) is 0 Å². The zero-order valence-electron chi connectivity index (χ0n) is 55.4. The van der Waals surface area contributed by atoms with Gasteiger partial charge in [-0.2, -0.15) is 0 Å². The quantitative estimate of drug-likeness (QED) is 0.0222. The van der Waals surface area contributed by atoms with Crippen LogP contribution in [0.2, 0.25) is 0 Å². The van der Waals surface area contributed by atoms with Crippen LogP contribution >= 0.6 is 15.6 Å². The van der Waals surface area contributed by atoms with Crippen molar-refractivity contribution in [3.63, 3.8) is 0 Å². The van der Waals surface area contributed by atoms with Gasteiger partial charge in [-0.3, -0.25) is 37.3 Å². The molecule has 17 nitrogen and oxygen atoms in total. The predicted octanol–water partition coefficient (Wildman–Crippen LogP) is 19.0. The van der Waals surface area contributed by atoms with Crippen LogP contribution in [0.3, 0.4) is 0 Å². The smallest absolute Gasteiger partial charge is 0.462 e. The molecular weight excluding hydrogens is 1140 g/mol. The first-order valence-corrected chi connectivity index (χ1v) is 38.2. The topological polar surface area (TPSA) is 237 Å². The van der Waals surface area contributed by atoms with E-state index in [4.69, 9.17) is 37.0 Å². The first-order chi connectivity index (χ1) is 41.6. The summed E-state index contributed by atoms with van der Waals surface area (Å²) in [5, 5.41) is 10.5. The standard InChI is InChI=1S/C67H130O17P2/c1-6-10-13-16-19-22-23-24-25-26-27-28-29-30-31-32-33-36-43-48-53-67(72)84-63(57-78-65(70)51-46-41-38-37-39-44-49-60(5)9-4)59-82-86(75,76)80-55-61(68)54-79-85(73,74)81-58-62(83-66(71)52-47-42-35-21-18-15-12-8-3)56-77-64(69)50-45-40-34-20-17-14-11-7-2/h60-63,68H,6-59H2,1-5H3,(H,73,74)(H,75,76)/t60?,61-,62+,63+/m0/s1. The van der Waals surface area contributed by atoms with Crippen LogP contribution in [-0.4, -0.2) is 96.7 Å². The lowest BCUT2D eigenvalue weighted by molar-refractivity contribution is -0.161. The molecule has 3 N–H and O–H groups in total. The molecule has 0 amide bonds. The Balaban J connectivity index is 5.12. The van der Waals surface area contributed by atoms with Gasteiger partial charge in [0, 0.05) is 25.7 Å². The minimum Gasteiger partial charge on any atom is -0.462 e. The predicted molar refractivity (Wildman–Crippen MR) is 345 cm³/mol. The van der Waals surface area contributed by atoms with Crippen molar-refractivity contribution in [2.24, 2.45) is 5.92 Å².